The van der Waals surface area contributed by atoms with E-state index >= 15 is 0 Å². The molecule has 1 heterocycles. The van der Waals surface area contributed by atoms with Crippen molar-refractivity contribution >= 4 is 11.3 Å². The molecule has 0 radical (unpaired) electrons. The van der Waals surface area contributed by atoms with Gasteiger partial charge in [0.25, 0.3) is 6.43 Å². The number of nitrogens with zero attached hydrogens (tertiary/aromatic N) is 1. The van der Waals surface area contributed by atoms with Gasteiger partial charge in [-0.2, -0.15) is 0 Å². The number of rotatable bonds is 5. The van der Waals surface area contributed by atoms with Crippen LogP contribution in [0.3, 0.4) is 0 Å². The Bertz CT molecular complexity index is 280. The van der Waals surface area contributed by atoms with Crippen LogP contribution < -0.4 is 5.32 Å². The molecule has 2 N–H and O–H groups in total. The fourth-order valence-corrected chi connectivity index (χ4v) is 1.54. The predicted molar refractivity (Wildman–Crippen MR) is 50.6 cm³/mol. The zero-order chi connectivity index (χ0) is 10.6. The van der Waals surface area contributed by atoms with Gasteiger partial charge in [0.1, 0.15) is 6.10 Å². The Kier molecular flexibility index (Phi) is 4.37. The average Bonchev–Trinajstić information content (AvgIpc) is 2.51. The fourth-order valence-electron chi connectivity index (χ4n) is 0.927. The molecule has 0 fully saturated rings. The number of aliphatic hydroxyl groups is 1. The van der Waals surface area contributed by atoms with E-state index in [4.69, 9.17) is 5.11 Å². The van der Waals surface area contributed by atoms with Crippen molar-refractivity contribution in [1.82, 2.24) is 10.3 Å². The van der Waals surface area contributed by atoms with Crippen molar-refractivity contribution in [3.63, 3.8) is 0 Å². The molecule has 14 heavy (non-hydrogen) atoms. The summed E-state index contributed by atoms with van der Waals surface area (Å²) in [6.45, 7) is 2.17. The summed E-state index contributed by atoms with van der Waals surface area (Å²) in [4.78, 5) is 4.14. The van der Waals surface area contributed by atoms with Gasteiger partial charge >= 0.3 is 0 Å². The maximum atomic E-state index is 11.9. The van der Waals surface area contributed by atoms with Crippen LogP contribution in [0.4, 0.5) is 8.78 Å². The van der Waals surface area contributed by atoms with E-state index in [1.165, 1.54) is 11.3 Å². The van der Waals surface area contributed by atoms with E-state index in [2.05, 4.69) is 10.3 Å². The largest absolute Gasteiger partial charge is 0.386 e. The minimum absolute atomic E-state index is 0.117. The first kappa shape index (κ1) is 11.5. The number of aliphatic hydroxyl groups excluding tert-OH is 1. The van der Waals surface area contributed by atoms with Crippen molar-refractivity contribution in [2.24, 2.45) is 0 Å². The van der Waals surface area contributed by atoms with Crippen LogP contribution in [0.25, 0.3) is 0 Å². The molecule has 80 valence electrons. The van der Waals surface area contributed by atoms with E-state index in [9.17, 15) is 8.78 Å². The topological polar surface area (TPSA) is 45.2 Å². The van der Waals surface area contributed by atoms with Gasteiger partial charge in [-0.25, -0.2) is 13.8 Å². The Morgan fingerprint density at radius 3 is 2.86 bits per heavy atom. The number of hydrogen-bond acceptors (Lipinski definition) is 4. The Morgan fingerprint density at radius 2 is 2.36 bits per heavy atom. The summed E-state index contributed by atoms with van der Waals surface area (Å²) in [6, 6.07) is 0. The maximum absolute atomic E-state index is 11.9. The zero-order valence-corrected chi connectivity index (χ0v) is 8.52. The first-order valence-corrected chi connectivity index (χ1v) is 5.05. The molecule has 0 amide bonds. The molecule has 6 heteroatoms. The van der Waals surface area contributed by atoms with Gasteiger partial charge in [-0.3, -0.25) is 0 Å². The predicted octanol–water partition coefficient (Wildman–Crippen LogP) is 1.17. The summed E-state index contributed by atoms with van der Waals surface area (Å²) in [7, 11) is 0. The van der Waals surface area contributed by atoms with Gasteiger partial charge in [-0.15, -0.1) is 11.3 Å². The van der Waals surface area contributed by atoms with Crippen molar-refractivity contribution in [2.75, 3.05) is 6.54 Å². The second-order valence-corrected chi connectivity index (χ2v) is 3.95. The van der Waals surface area contributed by atoms with Crippen molar-refractivity contribution in [2.45, 2.75) is 26.0 Å². The highest BCUT2D eigenvalue weighted by molar-refractivity contribution is 7.09. The zero-order valence-electron chi connectivity index (χ0n) is 7.70. The van der Waals surface area contributed by atoms with Gasteiger partial charge in [0.15, 0.2) is 0 Å². The number of alkyl halides is 2. The standard InChI is InChI=1S/C8H12F2N2OS/c1-5-12-6(4-14-5)2-11-3-7(13)8(9)10/h4,7-8,11,13H,2-3H2,1H3. The Morgan fingerprint density at radius 1 is 1.64 bits per heavy atom. The molecule has 1 atom stereocenters. The van der Waals surface area contributed by atoms with Gasteiger partial charge in [0, 0.05) is 18.5 Å². The highest BCUT2D eigenvalue weighted by Crippen LogP contribution is 2.07. The van der Waals surface area contributed by atoms with Gasteiger partial charge in [-0.05, 0) is 6.92 Å². The summed E-state index contributed by atoms with van der Waals surface area (Å²) in [5.74, 6) is 0. The van der Waals surface area contributed by atoms with Crippen molar-refractivity contribution in [3.8, 4) is 0 Å². The maximum Gasteiger partial charge on any atom is 0.265 e. The van der Waals surface area contributed by atoms with Gasteiger partial charge < -0.3 is 10.4 Å². The van der Waals surface area contributed by atoms with Crippen molar-refractivity contribution in [1.29, 1.82) is 0 Å². The number of aromatic nitrogens is 1. The Hall–Kier alpha value is -0.590. The number of nitrogens with one attached hydrogen (secondary N) is 1. The van der Waals surface area contributed by atoms with E-state index in [0.29, 0.717) is 6.54 Å². The molecule has 0 aromatic carbocycles. The molecule has 0 saturated heterocycles. The average molecular weight is 222 g/mol. The van der Waals surface area contributed by atoms with Gasteiger partial charge in [-0.1, -0.05) is 0 Å². The third-order valence-corrected chi connectivity index (χ3v) is 2.44. The number of hydrogen-bond donors (Lipinski definition) is 2. The molecule has 0 bridgehead atoms. The molecule has 0 aliphatic heterocycles. The van der Waals surface area contributed by atoms with E-state index in [0.717, 1.165) is 10.7 Å². The lowest BCUT2D eigenvalue weighted by Crippen LogP contribution is -2.31. The van der Waals surface area contributed by atoms with E-state index in [1.807, 2.05) is 12.3 Å². The fraction of sp³-hybridized carbons (Fsp3) is 0.625. The Labute approximate surface area is 84.8 Å². The smallest absolute Gasteiger partial charge is 0.265 e. The normalized spacial score (nSPS) is 13.5. The third kappa shape index (κ3) is 3.65. The minimum atomic E-state index is -2.69. The SMILES string of the molecule is Cc1nc(CNCC(O)C(F)F)cs1. The van der Waals surface area contributed by atoms with Crippen LogP contribution in [0.15, 0.2) is 5.38 Å². The second-order valence-electron chi connectivity index (χ2n) is 2.89. The highest BCUT2D eigenvalue weighted by atomic mass is 32.1. The summed E-state index contributed by atoms with van der Waals surface area (Å²) in [5, 5.41) is 14.3. The lowest BCUT2D eigenvalue weighted by molar-refractivity contribution is -0.00344. The molecule has 0 aliphatic rings. The molecule has 0 saturated carbocycles. The number of aryl methyl sites for hydroxylation is 1. The first-order chi connectivity index (χ1) is 6.59. The van der Waals surface area contributed by atoms with Crippen LogP contribution in [0.1, 0.15) is 10.7 Å². The molecule has 3 nitrogen and oxygen atoms in total. The minimum Gasteiger partial charge on any atom is -0.386 e. The van der Waals surface area contributed by atoms with Crippen LogP contribution in [0.5, 0.6) is 0 Å². The molecule has 1 unspecified atom stereocenters. The summed E-state index contributed by atoms with van der Waals surface area (Å²) < 4.78 is 23.7. The molecular weight excluding hydrogens is 210 g/mol. The highest BCUT2D eigenvalue weighted by Gasteiger charge is 2.15. The van der Waals surface area contributed by atoms with Crippen LogP contribution in [-0.4, -0.2) is 29.2 Å². The van der Waals surface area contributed by atoms with Crippen molar-refractivity contribution in [3.05, 3.63) is 16.1 Å². The molecular formula is C8H12F2N2OS. The van der Waals surface area contributed by atoms with Crippen LogP contribution in [-0.2, 0) is 6.54 Å². The van der Waals surface area contributed by atoms with Crippen LogP contribution >= 0.6 is 11.3 Å². The summed E-state index contributed by atoms with van der Waals surface area (Å²) in [6.07, 6.45) is -4.30. The summed E-state index contributed by atoms with van der Waals surface area (Å²) in [5.41, 5.74) is 0.814. The molecule has 1 rings (SSSR count). The number of halogens is 2. The quantitative estimate of drug-likeness (QED) is 0.786. The third-order valence-electron chi connectivity index (χ3n) is 1.62. The molecule has 0 aliphatic carbocycles. The second kappa shape index (κ2) is 5.33. The van der Waals surface area contributed by atoms with Crippen LogP contribution in [0, 0.1) is 6.92 Å². The van der Waals surface area contributed by atoms with E-state index < -0.39 is 12.5 Å². The lowest BCUT2D eigenvalue weighted by atomic mass is 10.3. The van der Waals surface area contributed by atoms with Gasteiger partial charge in [0.2, 0.25) is 0 Å². The molecule has 1 aromatic heterocycles. The van der Waals surface area contributed by atoms with Crippen LogP contribution in [0.2, 0.25) is 0 Å². The Balaban J connectivity index is 2.22. The molecule has 0 spiro atoms. The van der Waals surface area contributed by atoms with E-state index in [-0.39, 0.29) is 6.54 Å². The van der Waals surface area contributed by atoms with Crippen molar-refractivity contribution < 1.29 is 13.9 Å². The first-order valence-electron chi connectivity index (χ1n) is 4.17. The monoisotopic (exact) mass is 222 g/mol. The number of thiazole rings is 1. The van der Waals surface area contributed by atoms with E-state index in [1.54, 1.807) is 0 Å². The lowest BCUT2D eigenvalue weighted by Gasteiger charge is -2.09. The molecule has 1 aromatic rings. The van der Waals surface area contributed by atoms with Gasteiger partial charge in [0.05, 0.1) is 10.7 Å². The summed E-state index contributed by atoms with van der Waals surface area (Å²) >= 11 is 1.51.